The molecular weight excluding hydrogens is 354 g/mol. The van der Waals surface area contributed by atoms with Crippen LogP contribution < -0.4 is 5.01 Å². The number of hydrogen-bond acceptors (Lipinski definition) is 2. The number of rotatable bonds is 3. The zero-order chi connectivity index (χ0) is 18.1. The van der Waals surface area contributed by atoms with Crippen molar-refractivity contribution in [3.63, 3.8) is 0 Å². The first-order valence-electron chi connectivity index (χ1n) is 8.24. The summed E-state index contributed by atoms with van der Waals surface area (Å²) in [4.78, 5) is 0. The Kier molecular flexibility index (Phi) is 4.43. The van der Waals surface area contributed by atoms with E-state index in [2.05, 4.69) is 5.10 Å². The van der Waals surface area contributed by atoms with Crippen molar-refractivity contribution < 1.29 is 8.78 Å². The number of hydrazone groups is 1. The van der Waals surface area contributed by atoms with Gasteiger partial charge in [-0.05, 0) is 47.5 Å². The summed E-state index contributed by atoms with van der Waals surface area (Å²) in [5.41, 5.74) is 3.00. The van der Waals surface area contributed by atoms with Crippen molar-refractivity contribution in [3.05, 3.63) is 101 Å². The highest BCUT2D eigenvalue weighted by atomic mass is 35.5. The molecule has 0 aromatic heterocycles. The van der Waals surface area contributed by atoms with E-state index < -0.39 is 0 Å². The van der Waals surface area contributed by atoms with Crippen molar-refractivity contribution >= 4 is 23.0 Å². The molecule has 5 heteroatoms. The molecule has 0 spiro atoms. The first kappa shape index (κ1) is 16.7. The van der Waals surface area contributed by atoms with Crippen LogP contribution in [0.2, 0.25) is 5.02 Å². The average Bonchev–Trinajstić information content (AvgIpc) is 3.08. The monoisotopic (exact) mass is 368 g/mol. The van der Waals surface area contributed by atoms with Crippen molar-refractivity contribution in [2.24, 2.45) is 5.10 Å². The Labute approximate surface area is 155 Å². The highest BCUT2D eigenvalue weighted by Crippen LogP contribution is 2.38. The molecule has 4 rings (SSSR count). The SMILES string of the molecule is Fc1ccc(C2=NN(c3ccccc3F)[C@H](c3ccc(Cl)cc3)C2)cc1. The van der Waals surface area contributed by atoms with Crippen LogP contribution in [0.25, 0.3) is 0 Å². The van der Waals surface area contributed by atoms with Gasteiger partial charge in [0.2, 0.25) is 0 Å². The number of halogens is 3. The van der Waals surface area contributed by atoms with Crippen LogP contribution in [-0.2, 0) is 0 Å². The van der Waals surface area contributed by atoms with Gasteiger partial charge in [0.15, 0.2) is 0 Å². The van der Waals surface area contributed by atoms with Crippen molar-refractivity contribution in [2.75, 3.05) is 5.01 Å². The number of para-hydroxylation sites is 1. The molecule has 3 aromatic carbocycles. The minimum atomic E-state index is -0.337. The summed E-state index contributed by atoms with van der Waals surface area (Å²) in [6.07, 6.45) is 0.585. The van der Waals surface area contributed by atoms with Gasteiger partial charge in [0.05, 0.1) is 17.4 Å². The molecule has 0 saturated heterocycles. The zero-order valence-corrected chi connectivity index (χ0v) is 14.5. The predicted octanol–water partition coefficient (Wildman–Crippen LogP) is 5.97. The third-order valence-corrected chi connectivity index (χ3v) is 4.69. The predicted molar refractivity (Wildman–Crippen MR) is 101 cm³/mol. The molecule has 0 amide bonds. The summed E-state index contributed by atoms with van der Waals surface area (Å²) in [5, 5.41) is 6.99. The summed E-state index contributed by atoms with van der Waals surface area (Å²) in [6, 6.07) is 20.0. The molecule has 0 radical (unpaired) electrons. The summed E-state index contributed by atoms with van der Waals surface area (Å²) in [7, 11) is 0. The average molecular weight is 369 g/mol. The molecule has 0 fully saturated rings. The smallest absolute Gasteiger partial charge is 0.148 e. The standard InChI is InChI=1S/C21H15ClF2N2/c22-16-9-5-15(6-10-16)21-13-19(14-7-11-17(23)12-8-14)25-26(21)20-4-2-1-3-18(20)24/h1-12,21H,13H2/t21-/m0/s1. The highest BCUT2D eigenvalue weighted by molar-refractivity contribution is 6.30. The van der Waals surface area contributed by atoms with Gasteiger partial charge in [-0.1, -0.05) is 48.0 Å². The van der Waals surface area contributed by atoms with Gasteiger partial charge in [-0.15, -0.1) is 0 Å². The van der Waals surface area contributed by atoms with E-state index in [1.54, 1.807) is 35.3 Å². The van der Waals surface area contributed by atoms with Crippen molar-refractivity contribution in [1.82, 2.24) is 0 Å². The molecule has 1 aliphatic heterocycles. The molecule has 26 heavy (non-hydrogen) atoms. The van der Waals surface area contributed by atoms with Gasteiger partial charge in [0, 0.05) is 11.4 Å². The summed E-state index contributed by atoms with van der Waals surface area (Å²) < 4.78 is 27.6. The molecule has 0 aliphatic carbocycles. The lowest BCUT2D eigenvalue weighted by molar-refractivity contribution is 0.606. The Hall–Kier alpha value is -2.72. The summed E-state index contributed by atoms with van der Waals surface area (Å²) >= 11 is 6.00. The fourth-order valence-corrected chi connectivity index (χ4v) is 3.26. The molecule has 0 saturated carbocycles. The second-order valence-electron chi connectivity index (χ2n) is 6.12. The fourth-order valence-electron chi connectivity index (χ4n) is 3.13. The van der Waals surface area contributed by atoms with Crippen molar-refractivity contribution in [1.29, 1.82) is 0 Å². The van der Waals surface area contributed by atoms with Crippen LogP contribution in [0.5, 0.6) is 0 Å². The lowest BCUT2D eigenvalue weighted by Crippen LogP contribution is -2.19. The van der Waals surface area contributed by atoms with Crippen LogP contribution in [0.3, 0.4) is 0 Å². The first-order chi connectivity index (χ1) is 12.6. The third kappa shape index (κ3) is 3.20. The van der Waals surface area contributed by atoms with Gasteiger partial charge < -0.3 is 0 Å². The summed E-state index contributed by atoms with van der Waals surface area (Å²) in [6.45, 7) is 0. The second-order valence-corrected chi connectivity index (χ2v) is 6.56. The van der Waals surface area contributed by atoms with Crippen LogP contribution >= 0.6 is 11.6 Å². The first-order valence-corrected chi connectivity index (χ1v) is 8.62. The Morgan fingerprint density at radius 3 is 2.27 bits per heavy atom. The van der Waals surface area contributed by atoms with Gasteiger partial charge in [-0.3, -0.25) is 5.01 Å². The number of hydrogen-bond donors (Lipinski definition) is 0. The topological polar surface area (TPSA) is 15.6 Å². The molecule has 3 aromatic rings. The minimum Gasteiger partial charge on any atom is -0.254 e. The fraction of sp³-hybridized carbons (Fsp3) is 0.0952. The Morgan fingerprint density at radius 1 is 0.885 bits per heavy atom. The number of anilines is 1. The molecule has 0 N–H and O–H groups in total. The number of nitrogens with zero attached hydrogens (tertiary/aromatic N) is 2. The quantitative estimate of drug-likeness (QED) is 0.555. The van der Waals surface area contributed by atoms with Gasteiger partial charge in [-0.2, -0.15) is 5.10 Å². The van der Waals surface area contributed by atoms with Gasteiger partial charge in [-0.25, -0.2) is 8.78 Å². The molecule has 0 unspecified atom stereocenters. The molecule has 1 heterocycles. The van der Waals surface area contributed by atoms with E-state index in [-0.39, 0.29) is 17.7 Å². The molecule has 130 valence electrons. The lowest BCUT2D eigenvalue weighted by atomic mass is 9.98. The van der Waals surface area contributed by atoms with E-state index >= 15 is 0 Å². The Morgan fingerprint density at radius 2 is 1.58 bits per heavy atom. The molecule has 1 atom stereocenters. The maximum Gasteiger partial charge on any atom is 0.148 e. The van der Waals surface area contributed by atoms with Gasteiger partial charge >= 0.3 is 0 Å². The molecule has 2 nitrogen and oxygen atoms in total. The van der Waals surface area contributed by atoms with Crippen LogP contribution in [0, 0.1) is 11.6 Å². The minimum absolute atomic E-state index is 0.163. The van der Waals surface area contributed by atoms with Crippen molar-refractivity contribution in [2.45, 2.75) is 12.5 Å². The maximum atomic E-state index is 14.4. The van der Waals surface area contributed by atoms with E-state index in [1.165, 1.54) is 18.2 Å². The normalized spacial score (nSPS) is 16.7. The van der Waals surface area contributed by atoms with E-state index in [0.29, 0.717) is 17.1 Å². The molecule has 0 bridgehead atoms. The highest BCUT2D eigenvalue weighted by Gasteiger charge is 2.31. The molecule has 1 aliphatic rings. The van der Waals surface area contributed by atoms with Gasteiger partial charge in [0.1, 0.15) is 11.6 Å². The van der Waals surface area contributed by atoms with E-state index in [1.807, 2.05) is 24.3 Å². The Balaban J connectivity index is 1.77. The lowest BCUT2D eigenvalue weighted by Gasteiger charge is -2.24. The van der Waals surface area contributed by atoms with Gasteiger partial charge in [0.25, 0.3) is 0 Å². The number of benzene rings is 3. The van der Waals surface area contributed by atoms with Crippen LogP contribution in [0.4, 0.5) is 14.5 Å². The van der Waals surface area contributed by atoms with Crippen LogP contribution in [0.1, 0.15) is 23.6 Å². The second kappa shape index (κ2) is 6.89. The van der Waals surface area contributed by atoms with E-state index in [9.17, 15) is 8.78 Å². The maximum absolute atomic E-state index is 14.4. The van der Waals surface area contributed by atoms with E-state index in [4.69, 9.17) is 11.6 Å². The summed E-state index contributed by atoms with van der Waals surface area (Å²) in [5.74, 6) is -0.636. The largest absolute Gasteiger partial charge is 0.254 e. The molecular formula is C21H15ClF2N2. The van der Waals surface area contributed by atoms with Crippen LogP contribution in [0.15, 0.2) is 77.9 Å². The third-order valence-electron chi connectivity index (χ3n) is 4.44. The zero-order valence-electron chi connectivity index (χ0n) is 13.7. The van der Waals surface area contributed by atoms with E-state index in [0.717, 1.165) is 16.8 Å². The van der Waals surface area contributed by atoms with Crippen molar-refractivity contribution in [3.8, 4) is 0 Å². The Bertz CT molecular complexity index is 953. The van der Waals surface area contributed by atoms with Crippen LogP contribution in [-0.4, -0.2) is 5.71 Å².